The summed E-state index contributed by atoms with van der Waals surface area (Å²) >= 11 is 1.49. The molecule has 18 heavy (non-hydrogen) atoms. The molecule has 0 heterocycles. The van der Waals surface area contributed by atoms with E-state index in [0.717, 1.165) is 9.79 Å². The van der Waals surface area contributed by atoms with Crippen LogP contribution in [0.15, 0.2) is 58.3 Å². The second-order valence-corrected chi connectivity index (χ2v) is 4.73. The molecule has 0 bridgehead atoms. The molecule has 0 aliphatic carbocycles. The number of aromatic carboxylic acids is 1. The predicted octanol–water partition coefficient (Wildman–Crippen LogP) is 3.35. The van der Waals surface area contributed by atoms with E-state index in [0.29, 0.717) is 6.29 Å². The molecule has 0 spiro atoms. The fraction of sp³-hybridized carbons (Fsp3) is 0. The number of hydrogen-bond acceptors (Lipinski definition) is 3. The monoisotopic (exact) mass is 258 g/mol. The van der Waals surface area contributed by atoms with Crippen molar-refractivity contribution in [1.29, 1.82) is 0 Å². The second-order valence-electron chi connectivity index (χ2n) is 3.59. The van der Waals surface area contributed by atoms with Gasteiger partial charge in [0.15, 0.2) is 6.29 Å². The third-order valence-corrected chi connectivity index (χ3v) is 3.36. The molecule has 0 fully saturated rings. The summed E-state index contributed by atoms with van der Waals surface area (Å²) in [6, 6.07) is 14.4. The summed E-state index contributed by atoms with van der Waals surface area (Å²) in [4.78, 5) is 23.6. The molecular weight excluding hydrogens is 248 g/mol. The first-order valence-corrected chi connectivity index (χ1v) is 6.08. The highest BCUT2D eigenvalue weighted by atomic mass is 32.2. The van der Waals surface area contributed by atoms with Gasteiger partial charge in [0, 0.05) is 15.4 Å². The largest absolute Gasteiger partial charge is 0.478 e. The van der Waals surface area contributed by atoms with Gasteiger partial charge in [0.2, 0.25) is 0 Å². The van der Waals surface area contributed by atoms with E-state index in [1.807, 2.05) is 30.3 Å². The Kier molecular flexibility index (Phi) is 3.79. The van der Waals surface area contributed by atoms with Crippen LogP contribution >= 0.6 is 11.8 Å². The highest BCUT2D eigenvalue weighted by molar-refractivity contribution is 7.99. The van der Waals surface area contributed by atoms with Gasteiger partial charge in [0.05, 0.1) is 5.56 Å². The van der Waals surface area contributed by atoms with Crippen molar-refractivity contribution >= 4 is 24.0 Å². The molecule has 2 aromatic rings. The highest BCUT2D eigenvalue weighted by Gasteiger charge is 2.10. The van der Waals surface area contributed by atoms with Gasteiger partial charge >= 0.3 is 5.97 Å². The molecule has 1 N–H and O–H groups in total. The van der Waals surface area contributed by atoms with E-state index < -0.39 is 5.97 Å². The molecule has 0 amide bonds. The number of hydrogen-bond donors (Lipinski definition) is 1. The normalized spacial score (nSPS) is 10.0. The molecule has 2 rings (SSSR count). The van der Waals surface area contributed by atoms with Crippen LogP contribution in [0.3, 0.4) is 0 Å². The van der Waals surface area contributed by atoms with Gasteiger partial charge in [-0.05, 0) is 30.3 Å². The van der Waals surface area contributed by atoms with Crippen LogP contribution in [0.1, 0.15) is 20.7 Å². The summed E-state index contributed by atoms with van der Waals surface area (Å²) in [5, 5.41) is 8.91. The number of carbonyl (C=O) groups is 2. The molecule has 0 aromatic heterocycles. The van der Waals surface area contributed by atoms with E-state index in [-0.39, 0.29) is 11.1 Å². The van der Waals surface area contributed by atoms with Crippen LogP contribution in [0.2, 0.25) is 0 Å². The first-order valence-electron chi connectivity index (χ1n) is 5.26. The Morgan fingerprint density at radius 2 is 1.78 bits per heavy atom. The minimum Gasteiger partial charge on any atom is -0.478 e. The zero-order chi connectivity index (χ0) is 13.0. The summed E-state index contributed by atoms with van der Waals surface area (Å²) < 4.78 is 0. The van der Waals surface area contributed by atoms with Crippen LogP contribution in [0, 0.1) is 0 Å². The second kappa shape index (κ2) is 5.51. The Hall–Kier alpha value is -2.07. The van der Waals surface area contributed by atoms with Gasteiger partial charge in [0.25, 0.3) is 0 Å². The number of rotatable bonds is 4. The van der Waals surface area contributed by atoms with Crippen molar-refractivity contribution in [3.8, 4) is 0 Å². The summed E-state index contributed by atoms with van der Waals surface area (Å²) in [5.74, 6) is -1.09. The molecule has 4 heteroatoms. The number of benzene rings is 2. The number of aldehydes is 1. The number of carboxylic acid groups (broad SMARTS) is 1. The van der Waals surface area contributed by atoms with Gasteiger partial charge < -0.3 is 5.11 Å². The van der Waals surface area contributed by atoms with E-state index in [4.69, 9.17) is 5.11 Å². The molecule has 90 valence electrons. The lowest BCUT2D eigenvalue weighted by atomic mass is 10.1. The van der Waals surface area contributed by atoms with E-state index in [1.165, 1.54) is 17.8 Å². The van der Waals surface area contributed by atoms with Crippen molar-refractivity contribution in [1.82, 2.24) is 0 Å². The minimum absolute atomic E-state index is 0.0300. The highest BCUT2D eigenvalue weighted by Crippen LogP contribution is 2.28. The quantitative estimate of drug-likeness (QED) is 0.854. The van der Waals surface area contributed by atoms with Gasteiger partial charge in [-0.25, -0.2) is 4.79 Å². The van der Waals surface area contributed by atoms with Crippen molar-refractivity contribution in [2.45, 2.75) is 9.79 Å². The molecule has 0 saturated heterocycles. The van der Waals surface area contributed by atoms with E-state index in [1.54, 1.807) is 12.1 Å². The van der Waals surface area contributed by atoms with Crippen LogP contribution in [0.4, 0.5) is 0 Å². The van der Waals surface area contributed by atoms with Crippen LogP contribution < -0.4 is 0 Å². The standard InChI is InChI=1S/C14H10O3S/c15-9-10-8-12(6-7-13(10)14(16)17)18-11-4-2-1-3-5-11/h1-9H,(H,16,17). The maximum atomic E-state index is 10.9. The maximum absolute atomic E-state index is 10.9. The van der Waals surface area contributed by atoms with E-state index in [9.17, 15) is 9.59 Å². The number of carboxylic acids is 1. The molecule has 0 saturated carbocycles. The third-order valence-electron chi connectivity index (χ3n) is 2.36. The molecular formula is C14H10O3S. The lowest BCUT2D eigenvalue weighted by Crippen LogP contribution is -2.01. The third kappa shape index (κ3) is 2.78. The zero-order valence-corrected chi connectivity index (χ0v) is 10.2. The first-order chi connectivity index (χ1) is 8.70. The lowest BCUT2D eigenvalue weighted by Gasteiger charge is -2.04. The average Bonchev–Trinajstić information content (AvgIpc) is 2.39. The van der Waals surface area contributed by atoms with Crippen molar-refractivity contribution in [2.75, 3.05) is 0 Å². The van der Waals surface area contributed by atoms with E-state index >= 15 is 0 Å². The Labute approximate surface area is 108 Å². The molecule has 0 radical (unpaired) electrons. The lowest BCUT2D eigenvalue weighted by molar-refractivity contribution is 0.0694. The fourth-order valence-corrected chi connectivity index (χ4v) is 2.41. The molecule has 0 unspecified atom stereocenters. The van der Waals surface area contributed by atoms with Gasteiger partial charge in [0.1, 0.15) is 0 Å². The van der Waals surface area contributed by atoms with Crippen LogP contribution in [-0.2, 0) is 0 Å². The van der Waals surface area contributed by atoms with Gasteiger partial charge in [-0.3, -0.25) is 4.79 Å². The molecule has 0 aliphatic rings. The Bertz CT molecular complexity index is 579. The first kappa shape index (κ1) is 12.4. The summed E-state index contributed by atoms with van der Waals surface area (Å²) in [7, 11) is 0. The molecule has 3 nitrogen and oxygen atoms in total. The van der Waals surface area contributed by atoms with Crippen molar-refractivity contribution in [3.05, 3.63) is 59.7 Å². The SMILES string of the molecule is O=Cc1cc(Sc2ccccc2)ccc1C(=O)O. The average molecular weight is 258 g/mol. The molecule has 2 aromatic carbocycles. The van der Waals surface area contributed by atoms with Crippen molar-refractivity contribution in [3.63, 3.8) is 0 Å². The topological polar surface area (TPSA) is 54.4 Å². The van der Waals surface area contributed by atoms with Gasteiger partial charge in [-0.15, -0.1) is 0 Å². The summed E-state index contributed by atoms with van der Waals surface area (Å²) in [5.41, 5.74) is 0.228. The van der Waals surface area contributed by atoms with Crippen LogP contribution in [0.5, 0.6) is 0 Å². The Morgan fingerprint density at radius 1 is 1.06 bits per heavy atom. The summed E-state index contributed by atoms with van der Waals surface area (Å²) in [6.45, 7) is 0. The van der Waals surface area contributed by atoms with Gasteiger partial charge in [-0.2, -0.15) is 0 Å². The minimum atomic E-state index is -1.09. The summed E-state index contributed by atoms with van der Waals surface area (Å²) in [6.07, 6.45) is 0.568. The van der Waals surface area contributed by atoms with Crippen LogP contribution in [-0.4, -0.2) is 17.4 Å². The fourth-order valence-electron chi connectivity index (χ4n) is 1.52. The van der Waals surface area contributed by atoms with Gasteiger partial charge in [-0.1, -0.05) is 30.0 Å². The predicted molar refractivity (Wildman–Crippen MR) is 69.4 cm³/mol. The van der Waals surface area contributed by atoms with Crippen molar-refractivity contribution < 1.29 is 14.7 Å². The molecule has 0 atom stereocenters. The Balaban J connectivity index is 2.31. The smallest absolute Gasteiger partial charge is 0.336 e. The molecule has 0 aliphatic heterocycles. The van der Waals surface area contributed by atoms with Crippen molar-refractivity contribution in [2.24, 2.45) is 0 Å². The van der Waals surface area contributed by atoms with E-state index in [2.05, 4.69) is 0 Å². The Morgan fingerprint density at radius 3 is 2.39 bits per heavy atom. The van der Waals surface area contributed by atoms with Crippen LogP contribution in [0.25, 0.3) is 0 Å². The zero-order valence-electron chi connectivity index (χ0n) is 9.37. The number of carbonyl (C=O) groups excluding carboxylic acids is 1. The maximum Gasteiger partial charge on any atom is 0.336 e.